The number of sulfonamides is 1. The van der Waals surface area contributed by atoms with Crippen LogP contribution in [0.2, 0.25) is 0 Å². The fourth-order valence-electron chi connectivity index (χ4n) is 4.43. The molecular formula is C25H30N4O4S. The van der Waals surface area contributed by atoms with E-state index in [1.807, 2.05) is 39.0 Å². The highest BCUT2D eigenvalue weighted by Crippen LogP contribution is 2.28. The highest BCUT2D eigenvalue weighted by Gasteiger charge is 2.31. The normalized spacial score (nSPS) is 14.9. The van der Waals surface area contributed by atoms with Crippen molar-refractivity contribution in [1.29, 1.82) is 0 Å². The Bertz CT molecular complexity index is 1260. The second-order valence-corrected chi connectivity index (χ2v) is 10.6. The lowest BCUT2D eigenvalue weighted by molar-refractivity contribution is 0.102. The monoisotopic (exact) mass is 482 g/mol. The topological polar surface area (TPSA) is 105 Å². The predicted octanol–water partition coefficient (Wildman–Crippen LogP) is 4.95. The van der Waals surface area contributed by atoms with Crippen LogP contribution in [0.4, 0.5) is 6.01 Å². The Morgan fingerprint density at radius 2 is 1.76 bits per heavy atom. The minimum atomic E-state index is -3.63. The van der Waals surface area contributed by atoms with Crippen molar-refractivity contribution in [2.24, 2.45) is 0 Å². The number of anilines is 1. The fourth-order valence-corrected chi connectivity index (χ4v) is 6.12. The molecule has 0 spiro atoms. The highest BCUT2D eigenvalue weighted by atomic mass is 32.2. The second kappa shape index (κ2) is 10.1. The van der Waals surface area contributed by atoms with E-state index in [4.69, 9.17) is 4.42 Å². The van der Waals surface area contributed by atoms with Gasteiger partial charge in [0.2, 0.25) is 15.9 Å². The molecule has 4 rings (SSSR count). The van der Waals surface area contributed by atoms with Crippen LogP contribution in [0.25, 0.3) is 11.5 Å². The molecule has 0 bridgehead atoms. The highest BCUT2D eigenvalue weighted by molar-refractivity contribution is 7.89. The van der Waals surface area contributed by atoms with Crippen molar-refractivity contribution in [1.82, 2.24) is 14.5 Å². The van der Waals surface area contributed by atoms with E-state index >= 15 is 0 Å². The molecule has 1 saturated carbocycles. The van der Waals surface area contributed by atoms with Gasteiger partial charge in [0.15, 0.2) is 0 Å². The Morgan fingerprint density at radius 3 is 2.44 bits per heavy atom. The van der Waals surface area contributed by atoms with Crippen molar-refractivity contribution in [3.8, 4) is 11.5 Å². The first-order valence-corrected chi connectivity index (χ1v) is 13.1. The van der Waals surface area contributed by atoms with Gasteiger partial charge >= 0.3 is 6.01 Å². The van der Waals surface area contributed by atoms with Crippen LogP contribution in [0.5, 0.6) is 0 Å². The molecule has 0 aliphatic heterocycles. The molecule has 3 aromatic rings. The number of hydrogen-bond acceptors (Lipinski definition) is 6. The van der Waals surface area contributed by atoms with E-state index in [1.165, 1.54) is 24.3 Å². The average molecular weight is 483 g/mol. The van der Waals surface area contributed by atoms with Crippen LogP contribution in [-0.2, 0) is 10.0 Å². The summed E-state index contributed by atoms with van der Waals surface area (Å²) in [6, 6.07) is 11.9. The summed E-state index contributed by atoms with van der Waals surface area (Å²) in [6.07, 6.45) is 5.04. The summed E-state index contributed by atoms with van der Waals surface area (Å²) in [5, 5.41) is 10.5. The summed E-state index contributed by atoms with van der Waals surface area (Å²) in [6.45, 7) is 6.21. The van der Waals surface area contributed by atoms with Crippen molar-refractivity contribution in [2.75, 3.05) is 11.9 Å². The molecule has 9 heteroatoms. The predicted molar refractivity (Wildman–Crippen MR) is 130 cm³/mol. The molecule has 0 radical (unpaired) electrons. The number of hydrogen-bond donors (Lipinski definition) is 1. The van der Waals surface area contributed by atoms with Gasteiger partial charge in [0.25, 0.3) is 5.91 Å². The van der Waals surface area contributed by atoms with Gasteiger partial charge in [-0.05, 0) is 62.6 Å². The minimum Gasteiger partial charge on any atom is -0.403 e. The van der Waals surface area contributed by atoms with Crippen LogP contribution in [-0.4, -0.2) is 41.4 Å². The first kappa shape index (κ1) is 24.1. The first-order valence-electron chi connectivity index (χ1n) is 11.6. The molecule has 1 fully saturated rings. The Balaban J connectivity index is 1.47. The smallest absolute Gasteiger partial charge is 0.322 e. The van der Waals surface area contributed by atoms with Crippen LogP contribution >= 0.6 is 0 Å². The zero-order chi connectivity index (χ0) is 24.3. The zero-order valence-electron chi connectivity index (χ0n) is 19.7. The minimum absolute atomic E-state index is 0.0212. The van der Waals surface area contributed by atoms with Crippen molar-refractivity contribution in [3.05, 3.63) is 59.2 Å². The third kappa shape index (κ3) is 5.05. The number of carbonyl (C=O) groups excluding carboxylic acids is 1. The first-order chi connectivity index (χ1) is 16.3. The molecule has 1 aliphatic rings. The largest absolute Gasteiger partial charge is 0.403 e. The van der Waals surface area contributed by atoms with Crippen molar-refractivity contribution < 1.29 is 17.6 Å². The SMILES string of the molecule is CCN(C1CCCCC1)S(=O)(=O)c1ccc(C(=O)Nc2nnc(-c3cc(C)ccc3C)o2)cc1. The van der Waals surface area contributed by atoms with Gasteiger partial charge in [-0.15, -0.1) is 5.10 Å². The molecule has 1 N–H and O–H groups in total. The van der Waals surface area contributed by atoms with Gasteiger partial charge in [0.05, 0.1) is 4.90 Å². The molecule has 1 amide bonds. The van der Waals surface area contributed by atoms with Crippen LogP contribution in [0, 0.1) is 13.8 Å². The number of carbonyl (C=O) groups is 1. The van der Waals surface area contributed by atoms with Crippen molar-refractivity contribution in [2.45, 2.75) is 63.8 Å². The van der Waals surface area contributed by atoms with E-state index in [-0.39, 0.29) is 17.0 Å². The number of amides is 1. The van der Waals surface area contributed by atoms with Crippen molar-refractivity contribution in [3.63, 3.8) is 0 Å². The lowest BCUT2D eigenvalue weighted by atomic mass is 9.95. The van der Waals surface area contributed by atoms with Gasteiger partial charge in [0.1, 0.15) is 0 Å². The maximum Gasteiger partial charge on any atom is 0.322 e. The Kier molecular flexibility index (Phi) is 7.13. The molecule has 0 atom stereocenters. The molecule has 8 nitrogen and oxygen atoms in total. The van der Waals surface area contributed by atoms with E-state index in [1.54, 1.807) is 4.31 Å². The molecule has 2 aromatic carbocycles. The number of nitrogens with one attached hydrogen (secondary N) is 1. The zero-order valence-corrected chi connectivity index (χ0v) is 20.6. The van der Waals surface area contributed by atoms with Gasteiger partial charge in [-0.25, -0.2) is 8.42 Å². The summed E-state index contributed by atoms with van der Waals surface area (Å²) in [4.78, 5) is 12.9. The van der Waals surface area contributed by atoms with E-state index in [2.05, 4.69) is 15.5 Å². The van der Waals surface area contributed by atoms with E-state index < -0.39 is 15.9 Å². The van der Waals surface area contributed by atoms with Crippen molar-refractivity contribution >= 4 is 21.9 Å². The molecule has 1 heterocycles. The van der Waals surface area contributed by atoms with E-state index in [9.17, 15) is 13.2 Å². The number of aromatic nitrogens is 2. The quantitative estimate of drug-likeness (QED) is 0.511. The molecular weight excluding hydrogens is 452 g/mol. The molecule has 1 aromatic heterocycles. The van der Waals surface area contributed by atoms with E-state index in [0.29, 0.717) is 18.0 Å². The summed E-state index contributed by atoms with van der Waals surface area (Å²) in [5.74, 6) is -0.139. The van der Waals surface area contributed by atoms with Gasteiger partial charge < -0.3 is 4.42 Å². The summed E-state index contributed by atoms with van der Waals surface area (Å²) in [7, 11) is -3.63. The second-order valence-electron chi connectivity index (χ2n) is 8.71. The summed E-state index contributed by atoms with van der Waals surface area (Å²) >= 11 is 0. The average Bonchev–Trinajstić information content (AvgIpc) is 3.30. The maximum atomic E-state index is 13.2. The molecule has 34 heavy (non-hydrogen) atoms. The maximum absolute atomic E-state index is 13.2. The molecule has 1 aliphatic carbocycles. The number of aryl methyl sites for hydroxylation is 2. The summed E-state index contributed by atoms with van der Waals surface area (Å²) in [5.41, 5.74) is 3.15. The van der Waals surface area contributed by atoms with Crippen LogP contribution in [0.15, 0.2) is 51.8 Å². The Labute approximate surface area is 200 Å². The van der Waals surface area contributed by atoms with Crippen LogP contribution in [0.1, 0.15) is 60.5 Å². The van der Waals surface area contributed by atoms with Crippen LogP contribution in [0.3, 0.4) is 0 Å². The number of rotatable bonds is 7. The number of nitrogens with zero attached hydrogens (tertiary/aromatic N) is 3. The van der Waals surface area contributed by atoms with Gasteiger partial charge in [-0.1, -0.05) is 49.0 Å². The molecule has 180 valence electrons. The lowest BCUT2D eigenvalue weighted by Crippen LogP contribution is -2.41. The third-order valence-electron chi connectivity index (χ3n) is 6.29. The molecule has 0 saturated heterocycles. The lowest BCUT2D eigenvalue weighted by Gasteiger charge is -2.32. The standard InChI is InChI=1S/C25H30N4O4S/c1-4-29(20-8-6-5-7-9-20)34(31,32)21-14-12-19(13-15-21)23(30)26-25-28-27-24(33-25)22-16-17(2)10-11-18(22)3/h10-16,20H,4-9H2,1-3H3,(H,26,28,30). The summed E-state index contributed by atoms with van der Waals surface area (Å²) < 4.78 is 33.7. The third-order valence-corrected chi connectivity index (χ3v) is 8.33. The molecule has 0 unspecified atom stereocenters. The van der Waals surface area contributed by atoms with Gasteiger partial charge in [-0.2, -0.15) is 4.31 Å². The Morgan fingerprint density at radius 1 is 1.06 bits per heavy atom. The Hall–Kier alpha value is -3.04. The van der Waals surface area contributed by atoms with Gasteiger partial charge in [0, 0.05) is 23.7 Å². The van der Waals surface area contributed by atoms with E-state index in [0.717, 1.165) is 48.8 Å². The fraction of sp³-hybridized carbons (Fsp3) is 0.400. The number of benzene rings is 2. The van der Waals surface area contributed by atoms with Gasteiger partial charge in [-0.3, -0.25) is 10.1 Å². The van der Waals surface area contributed by atoms with Crippen LogP contribution < -0.4 is 5.32 Å².